The van der Waals surface area contributed by atoms with Crippen LogP contribution < -0.4 is 10.6 Å². The van der Waals surface area contributed by atoms with Crippen molar-refractivity contribution in [2.24, 2.45) is 5.73 Å². The fraction of sp³-hybridized carbons (Fsp3) is 0.500. The number of aromatic nitrogens is 1. The van der Waals surface area contributed by atoms with Gasteiger partial charge < -0.3 is 15.4 Å². The number of hydrogen-bond acceptors (Lipinski definition) is 4. The van der Waals surface area contributed by atoms with E-state index < -0.39 is 23.9 Å². The largest absolute Gasteiger partial charge is 0.445 e. The molecule has 5 nitrogen and oxygen atoms in total. The zero-order valence-electron chi connectivity index (χ0n) is 10.9. The molecule has 2 rings (SSSR count). The van der Waals surface area contributed by atoms with E-state index in [2.05, 4.69) is 4.98 Å². The van der Waals surface area contributed by atoms with Crippen LogP contribution in [0.1, 0.15) is 18.4 Å². The monoisotopic (exact) mass is 323 g/mol. The summed E-state index contributed by atoms with van der Waals surface area (Å²) < 4.78 is 42.6. The van der Waals surface area contributed by atoms with Gasteiger partial charge in [0, 0.05) is 12.7 Å². The van der Waals surface area contributed by atoms with E-state index in [1.54, 1.807) is 4.90 Å². The van der Waals surface area contributed by atoms with Gasteiger partial charge in [0.15, 0.2) is 0 Å². The lowest BCUT2D eigenvalue weighted by Crippen LogP contribution is -2.42. The van der Waals surface area contributed by atoms with Gasteiger partial charge >= 0.3 is 12.3 Å². The number of primary amides is 1. The number of carbonyl (C=O) groups is 1. The molecule has 0 aliphatic carbocycles. The van der Waals surface area contributed by atoms with Crippen LogP contribution in [0.3, 0.4) is 0 Å². The van der Waals surface area contributed by atoms with E-state index in [1.165, 1.54) is 0 Å². The van der Waals surface area contributed by atoms with Crippen molar-refractivity contribution in [2.45, 2.75) is 25.1 Å². The lowest BCUT2D eigenvalue weighted by atomic mass is 10.1. The predicted molar refractivity (Wildman–Crippen MR) is 70.2 cm³/mol. The van der Waals surface area contributed by atoms with Crippen LogP contribution in [0.15, 0.2) is 12.3 Å². The summed E-state index contributed by atoms with van der Waals surface area (Å²) in [5, 5.41) is -0.0930. The van der Waals surface area contributed by atoms with E-state index in [0.29, 0.717) is 25.9 Å². The van der Waals surface area contributed by atoms with Crippen LogP contribution in [0.2, 0.25) is 5.02 Å². The minimum atomic E-state index is -4.49. The van der Waals surface area contributed by atoms with Crippen LogP contribution in [0.4, 0.5) is 23.8 Å². The number of alkyl halides is 3. The molecule has 0 radical (unpaired) electrons. The van der Waals surface area contributed by atoms with Crippen LogP contribution in [0, 0.1) is 0 Å². The number of piperidine rings is 1. The maximum Gasteiger partial charge on any atom is 0.417 e. The van der Waals surface area contributed by atoms with Gasteiger partial charge in [0.2, 0.25) is 0 Å². The van der Waals surface area contributed by atoms with Crippen LogP contribution >= 0.6 is 11.6 Å². The molecule has 0 saturated carbocycles. The first kappa shape index (κ1) is 15.7. The van der Waals surface area contributed by atoms with E-state index >= 15 is 0 Å². The molecule has 0 bridgehead atoms. The molecule has 1 aromatic rings. The number of amides is 1. The minimum absolute atomic E-state index is 0.0930. The molecule has 21 heavy (non-hydrogen) atoms. The minimum Gasteiger partial charge on any atom is -0.445 e. The molecular weight excluding hydrogens is 311 g/mol. The van der Waals surface area contributed by atoms with Gasteiger partial charge in [-0.1, -0.05) is 11.6 Å². The standard InChI is InChI=1S/C12H13ClF3N3O2/c13-9-4-7(12(14,15)16)5-18-10(9)19-3-1-2-8(6-19)21-11(17)20/h4-5,8H,1-3,6H2,(H2,17,20)/t8-/m0/s1. The highest BCUT2D eigenvalue weighted by Gasteiger charge is 2.32. The molecule has 0 unspecified atom stereocenters. The third-order valence-corrected chi connectivity index (χ3v) is 3.39. The number of carbonyl (C=O) groups excluding carboxylic acids is 1. The SMILES string of the molecule is NC(=O)O[C@H]1CCCN(c2ncc(C(F)(F)F)cc2Cl)C1. The Bertz CT molecular complexity index is 539. The summed E-state index contributed by atoms with van der Waals surface area (Å²) in [6.45, 7) is 0.859. The molecule has 1 fully saturated rings. The van der Waals surface area contributed by atoms with Crippen LogP contribution in [-0.4, -0.2) is 30.3 Å². The number of anilines is 1. The summed E-state index contributed by atoms with van der Waals surface area (Å²) in [4.78, 5) is 16.2. The zero-order valence-corrected chi connectivity index (χ0v) is 11.6. The number of hydrogen-bond donors (Lipinski definition) is 1. The van der Waals surface area contributed by atoms with Crippen molar-refractivity contribution in [1.29, 1.82) is 0 Å². The molecule has 2 heterocycles. The van der Waals surface area contributed by atoms with Crippen LogP contribution in [-0.2, 0) is 10.9 Å². The second-order valence-corrected chi connectivity index (χ2v) is 5.08. The molecule has 1 aliphatic rings. The first-order valence-corrected chi connectivity index (χ1v) is 6.59. The van der Waals surface area contributed by atoms with Gasteiger partial charge in [-0.15, -0.1) is 0 Å². The smallest absolute Gasteiger partial charge is 0.417 e. The van der Waals surface area contributed by atoms with E-state index in [-0.39, 0.29) is 10.8 Å². The molecule has 116 valence electrons. The highest BCUT2D eigenvalue weighted by atomic mass is 35.5. The average Bonchev–Trinajstić information content (AvgIpc) is 2.37. The van der Waals surface area contributed by atoms with Crippen molar-refractivity contribution in [3.05, 3.63) is 22.8 Å². The van der Waals surface area contributed by atoms with Crippen molar-refractivity contribution >= 4 is 23.5 Å². The van der Waals surface area contributed by atoms with Gasteiger partial charge in [-0.2, -0.15) is 13.2 Å². The lowest BCUT2D eigenvalue weighted by molar-refractivity contribution is -0.137. The highest BCUT2D eigenvalue weighted by molar-refractivity contribution is 6.33. The Morgan fingerprint density at radius 2 is 2.24 bits per heavy atom. The fourth-order valence-electron chi connectivity index (χ4n) is 2.21. The summed E-state index contributed by atoms with van der Waals surface area (Å²) in [5.41, 5.74) is 4.05. The molecule has 1 amide bonds. The maximum atomic E-state index is 12.6. The van der Waals surface area contributed by atoms with Gasteiger partial charge in [-0.25, -0.2) is 9.78 Å². The zero-order chi connectivity index (χ0) is 15.6. The average molecular weight is 324 g/mol. The van der Waals surface area contributed by atoms with Crippen LogP contribution in [0.5, 0.6) is 0 Å². The summed E-state index contributed by atoms with van der Waals surface area (Å²) in [6, 6.07) is 0.836. The third-order valence-electron chi connectivity index (χ3n) is 3.11. The van der Waals surface area contributed by atoms with E-state index in [0.717, 1.165) is 12.3 Å². The molecular formula is C12H13ClF3N3O2. The Kier molecular flexibility index (Phi) is 4.46. The van der Waals surface area contributed by atoms with Crippen molar-refractivity contribution in [2.75, 3.05) is 18.0 Å². The first-order chi connectivity index (χ1) is 9.77. The second kappa shape index (κ2) is 5.97. The molecule has 1 atom stereocenters. The maximum absolute atomic E-state index is 12.6. The van der Waals surface area contributed by atoms with E-state index in [9.17, 15) is 18.0 Å². The Morgan fingerprint density at radius 3 is 2.81 bits per heavy atom. The predicted octanol–water partition coefficient (Wildman–Crippen LogP) is 2.82. The van der Waals surface area contributed by atoms with Crippen molar-refractivity contribution < 1.29 is 22.7 Å². The number of pyridine rings is 1. The highest BCUT2D eigenvalue weighted by Crippen LogP contribution is 2.34. The van der Waals surface area contributed by atoms with E-state index in [4.69, 9.17) is 22.1 Å². The lowest BCUT2D eigenvalue weighted by Gasteiger charge is -2.33. The fourth-order valence-corrected chi connectivity index (χ4v) is 2.50. The Labute approximate surface area is 123 Å². The molecule has 2 N–H and O–H groups in total. The Balaban J connectivity index is 2.16. The molecule has 0 spiro atoms. The van der Waals surface area contributed by atoms with Gasteiger partial charge in [0.05, 0.1) is 17.1 Å². The topological polar surface area (TPSA) is 68.5 Å². The van der Waals surface area contributed by atoms with Crippen molar-refractivity contribution in [3.63, 3.8) is 0 Å². The molecule has 9 heteroatoms. The Morgan fingerprint density at radius 1 is 1.52 bits per heavy atom. The Hall–Kier alpha value is -1.70. The van der Waals surface area contributed by atoms with Gasteiger partial charge in [0.25, 0.3) is 0 Å². The quantitative estimate of drug-likeness (QED) is 0.908. The van der Waals surface area contributed by atoms with Gasteiger partial charge in [0.1, 0.15) is 11.9 Å². The van der Waals surface area contributed by atoms with Crippen LogP contribution in [0.25, 0.3) is 0 Å². The van der Waals surface area contributed by atoms with E-state index in [1.807, 2.05) is 0 Å². The van der Waals surface area contributed by atoms with Gasteiger partial charge in [-0.05, 0) is 18.9 Å². The third kappa shape index (κ3) is 3.90. The summed E-state index contributed by atoms with van der Waals surface area (Å²) in [7, 11) is 0. The van der Waals surface area contributed by atoms with Gasteiger partial charge in [-0.3, -0.25) is 0 Å². The number of nitrogens with zero attached hydrogens (tertiary/aromatic N) is 2. The van der Waals surface area contributed by atoms with Crippen molar-refractivity contribution in [3.8, 4) is 0 Å². The van der Waals surface area contributed by atoms with Crippen molar-refractivity contribution in [1.82, 2.24) is 4.98 Å². The normalized spacial score (nSPS) is 19.4. The number of rotatable bonds is 2. The summed E-state index contributed by atoms with van der Waals surface area (Å²) in [5.74, 6) is 0.238. The second-order valence-electron chi connectivity index (χ2n) is 4.67. The molecule has 1 saturated heterocycles. The summed E-state index contributed by atoms with van der Waals surface area (Å²) in [6.07, 6.45) is -3.73. The first-order valence-electron chi connectivity index (χ1n) is 6.21. The molecule has 0 aromatic carbocycles. The molecule has 1 aromatic heterocycles. The number of nitrogens with two attached hydrogens (primary N) is 1. The number of halogens is 4. The summed E-state index contributed by atoms with van der Waals surface area (Å²) >= 11 is 5.89. The molecule has 1 aliphatic heterocycles. The number of ether oxygens (including phenoxy) is 1.